The first-order valence-corrected chi connectivity index (χ1v) is 3.13. The fourth-order valence-electron chi connectivity index (χ4n) is 0.559. The smallest absolute Gasteiger partial charge is 0 e. The predicted molar refractivity (Wildman–Crippen MR) is 33.7 cm³/mol. The van der Waals surface area contributed by atoms with E-state index in [-0.39, 0.29) is 0 Å². The zero-order valence-corrected chi connectivity index (χ0v) is 12.4. The van der Waals surface area contributed by atoms with Crippen LogP contribution in [-0.4, -0.2) is 13.1 Å². The molecule has 0 radical (unpaired) electrons. The molecule has 0 aromatic heterocycles. The SMILES string of the molecule is C1CC[N-]C1.CC.[Rf]. The summed E-state index contributed by atoms with van der Waals surface area (Å²) in [5, 5.41) is 4.08. The van der Waals surface area contributed by atoms with Crippen molar-refractivity contribution in [1.82, 2.24) is 0 Å². The van der Waals surface area contributed by atoms with Gasteiger partial charge in [0.05, 0.1) is 0 Å². The number of hydrogen-bond donors (Lipinski definition) is 0. The van der Waals surface area contributed by atoms with E-state index in [1.54, 1.807) is 0 Å². The number of rotatable bonds is 0. The summed E-state index contributed by atoms with van der Waals surface area (Å²) in [4.78, 5) is 0. The van der Waals surface area contributed by atoms with Gasteiger partial charge in [0, 0.05) is 0 Å². The van der Waals surface area contributed by atoms with Gasteiger partial charge in [-0.3, -0.25) is 0 Å². The van der Waals surface area contributed by atoms with Crippen molar-refractivity contribution in [3.8, 4) is 0 Å². The Balaban J connectivity index is 0. The maximum Gasteiger partial charge on any atom is 0 e. The van der Waals surface area contributed by atoms with Gasteiger partial charge in [0.2, 0.25) is 0 Å². The molecule has 0 aromatic carbocycles. The first-order chi connectivity index (χ1) is 3.50. The molecule has 1 rings (SSSR count). The molecule has 1 saturated heterocycles. The molecule has 8 heavy (non-hydrogen) atoms. The Morgan fingerprint density at radius 3 is 1.50 bits per heavy atom. The summed E-state index contributed by atoms with van der Waals surface area (Å²) in [6, 6.07) is 0. The number of hydrogen-bond acceptors (Lipinski definition) is 0. The van der Waals surface area contributed by atoms with Gasteiger partial charge < -0.3 is 5.32 Å². The molecule has 0 aromatic rings. The molecule has 1 fully saturated rings. The van der Waals surface area contributed by atoms with Crippen molar-refractivity contribution in [3.63, 3.8) is 0 Å². The average molecular weight is 367 g/mol. The van der Waals surface area contributed by atoms with E-state index < -0.39 is 0 Å². The molecule has 1 aliphatic rings. The molecule has 46 valence electrons. The minimum Gasteiger partial charge on any atom is -0.662 e. The van der Waals surface area contributed by atoms with Crippen molar-refractivity contribution in [1.29, 1.82) is 0 Å². The van der Waals surface area contributed by atoms with Crippen LogP contribution in [0.5, 0.6) is 0 Å². The van der Waals surface area contributed by atoms with Crippen molar-refractivity contribution >= 4 is 0 Å². The first-order valence-electron chi connectivity index (χ1n) is 3.13. The normalized spacial score (nSPS) is 15.8. The molecule has 1 aliphatic heterocycles. The zero-order chi connectivity index (χ0) is 5.54. The molecule has 0 saturated carbocycles. The topological polar surface area (TPSA) is 14.1 Å². The molecule has 0 aliphatic carbocycles. The van der Waals surface area contributed by atoms with Gasteiger partial charge in [-0.25, -0.2) is 0 Å². The summed E-state index contributed by atoms with van der Waals surface area (Å²) < 4.78 is 0. The van der Waals surface area contributed by atoms with Crippen molar-refractivity contribution in [2.24, 2.45) is 0 Å². The van der Waals surface area contributed by atoms with Gasteiger partial charge in [-0.15, -0.1) is 13.1 Å². The van der Waals surface area contributed by atoms with Crippen LogP contribution >= 0.6 is 0 Å². The van der Waals surface area contributed by atoms with Gasteiger partial charge >= 0.3 is 0 Å². The molecular formula is C6H14NRf-. The van der Waals surface area contributed by atoms with E-state index in [0.717, 1.165) is 13.1 Å². The summed E-state index contributed by atoms with van der Waals surface area (Å²) in [7, 11) is 0. The molecule has 0 amide bonds. The van der Waals surface area contributed by atoms with Crippen LogP contribution in [0.25, 0.3) is 5.32 Å². The van der Waals surface area contributed by atoms with Gasteiger partial charge in [0.25, 0.3) is 0 Å². The second-order valence-electron chi connectivity index (χ2n) is 1.38. The minimum atomic E-state index is 0. The Kier molecular flexibility index (Phi) is 11.7. The molecule has 0 atom stereocenters. The third kappa shape index (κ3) is 4.96. The van der Waals surface area contributed by atoms with E-state index >= 15 is 0 Å². The fraction of sp³-hybridized carbons (Fsp3) is 1.00. The summed E-state index contributed by atoms with van der Waals surface area (Å²) in [5.74, 6) is 0. The van der Waals surface area contributed by atoms with E-state index in [9.17, 15) is 0 Å². The Bertz CT molecular complexity index is 20.1. The van der Waals surface area contributed by atoms with Gasteiger partial charge in [0.1, 0.15) is 0 Å². The van der Waals surface area contributed by atoms with Crippen LogP contribution in [0.15, 0.2) is 0 Å². The molecule has 1 heterocycles. The van der Waals surface area contributed by atoms with Crippen molar-refractivity contribution in [2.45, 2.75) is 26.7 Å². The summed E-state index contributed by atoms with van der Waals surface area (Å²) in [5.41, 5.74) is 0. The van der Waals surface area contributed by atoms with E-state index in [4.69, 9.17) is 0 Å². The van der Waals surface area contributed by atoms with Gasteiger partial charge in [-0.1, -0.05) is 26.7 Å². The predicted octanol–water partition coefficient (Wildman–Crippen LogP) is 2.18. The van der Waals surface area contributed by atoms with Gasteiger partial charge in [-0.2, -0.15) is 0 Å². The molecule has 0 bridgehead atoms. The van der Waals surface area contributed by atoms with Crippen LogP contribution in [0.2, 0.25) is 0 Å². The third-order valence-electron chi connectivity index (χ3n) is 0.882. The third-order valence-corrected chi connectivity index (χ3v) is 0.882. The van der Waals surface area contributed by atoms with E-state index in [0.29, 0.717) is 0 Å². The van der Waals surface area contributed by atoms with Gasteiger partial charge in [0.15, 0.2) is 0 Å². The minimum absolute atomic E-state index is 0. The molecular weight excluding hydrogens is 353 g/mol. The molecule has 0 spiro atoms. The van der Waals surface area contributed by atoms with Crippen LogP contribution in [-0.2, 0) is 0 Å². The Morgan fingerprint density at radius 1 is 1.00 bits per heavy atom. The van der Waals surface area contributed by atoms with Crippen LogP contribution in [0, 0.1) is 0 Å². The second-order valence-corrected chi connectivity index (χ2v) is 1.38. The van der Waals surface area contributed by atoms with Crippen LogP contribution in [0.1, 0.15) is 26.7 Å². The summed E-state index contributed by atoms with van der Waals surface area (Å²) in [6.07, 6.45) is 2.67. The second kappa shape index (κ2) is 9.35. The summed E-state index contributed by atoms with van der Waals surface area (Å²) >= 11 is 0. The monoisotopic (exact) mass is 367 g/mol. The quantitative estimate of drug-likeness (QED) is 0.623. The van der Waals surface area contributed by atoms with Crippen molar-refractivity contribution in [3.05, 3.63) is 5.32 Å². The Morgan fingerprint density at radius 2 is 1.38 bits per heavy atom. The Labute approximate surface area is 46.1 Å². The fourth-order valence-corrected chi connectivity index (χ4v) is 0.559. The van der Waals surface area contributed by atoms with Gasteiger partial charge in [-0.05, 0) is 0 Å². The molecule has 1 nitrogen and oxygen atoms in total. The number of nitrogens with zero attached hydrogens (tertiary/aromatic N) is 1. The average Bonchev–Trinajstić information content (AvgIpc) is 2.23. The first kappa shape index (κ1) is 10.0. The van der Waals surface area contributed by atoms with Crippen LogP contribution in [0.4, 0.5) is 0 Å². The molecule has 0 N–H and O–H groups in total. The van der Waals surface area contributed by atoms with E-state index in [1.165, 1.54) is 12.8 Å². The van der Waals surface area contributed by atoms with Crippen LogP contribution in [0.3, 0.4) is 0 Å². The maximum absolute atomic E-state index is 4.08. The largest absolute Gasteiger partial charge is 0.662 e. The van der Waals surface area contributed by atoms with Crippen molar-refractivity contribution in [2.75, 3.05) is 13.1 Å². The zero-order valence-electron chi connectivity index (χ0n) is 5.98. The summed E-state index contributed by atoms with van der Waals surface area (Å²) in [6.45, 7) is 6.25. The van der Waals surface area contributed by atoms with Crippen molar-refractivity contribution < 1.29 is 0 Å². The van der Waals surface area contributed by atoms with E-state index in [1.807, 2.05) is 13.8 Å². The Hall–Kier alpha value is -1.04. The van der Waals surface area contributed by atoms with E-state index in [2.05, 4.69) is 5.32 Å². The molecule has 0 unspecified atom stereocenters. The molecule has 2 heteroatoms. The maximum atomic E-state index is 4.08. The van der Waals surface area contributed by atoms with Crippen LogP contribution < -0.4 is 0 Å². The standard InChI is InChI=1S/C4H8N.C2H6.Rf/c1-2-4-5-3-1;1-2;/h1-4H2;1-2H3;/q-1;;.